The van der Waals surface area contributed by atoms with Crippen LogP contribution in [0.4, 0.5) is 4.39 Å². The summed E-state index contributed by atoms with van der Waals surface area (Å²) in [4.78, 5) is -0.245. The zero-order valence-corrected chi connectivity index (χ0v) is 15.1. The van der Waals surface area contributed by atoms with Crippen molar-refractivity contribution in [2.24, 2.45) is 0 Å². The second-order valence-corrected chi connectivity index (χ2v) is 9.45. The van der Waals surface area contributed by atoms with Gasteiger partial charge in [-0.25, -0.2) is 21.2 Å². The SMILES string of the molecule is C[C@H](c1ccc(S(C)(=O)=O)cc1)N(C)S(=O)(=O)c1ccccc1F. The molecule has 2 aromatic carbocycles. The van der Waals surface area contributed by atoms with Gasteiger partial charge in [0.25, 0.3) is 0 Å². The van der Waals surface area contributed by atoms with Gasteiger partial charge in [0.2, 0.25) is 10.0 Å². The standard InChI is InChI=1S/C16H18FNO4S2/c1-12(13-8-10-14(11-9-13)23(3,19)20)18(2)24(21,22)16-7-5-4-6-15(16)17/h4-12H,1-3H3/t12-/m1/s1. The molecule has 0 N–H and O–H groups in total. The summed E-state index contributed by atoms with van der Waals surface area (Å²) < 4.78 is 63.0. The molecule has 0 aromatic heterocycles. The summed E-state index contributed by atoms with van der Waals surface area (Å²) in [6.07, 6.45) is 1.10. The molecule has 0 aliphatic rings. The van der Waals surface area contributed by atoms with Crippen LogP contribution in [0.25, 0.3) is 0 Å². The molecule has 0 spiro atoms. The minimum Gasteiger partial charge on any atom is -0.224 e. The number of sulfone groups is 1. The number of sulfonamides is 1. The first-order chi connectivity index (χ1) is 11.0. The zero-order valence-electron chi connectivity index (χ0n) is 13.5. The Kier molecular flexibility index (Phi) is 5.12. The molecule has 0 heterocycles. The Morgan fingerprint density at radius 1 is 0.958 bits per heavy atom. The molecule has 0 aliphatic carbocycles. The molecule has 0 amide bonds. The van der Waals surface area contributed by atoms with E-state index in [9.17, 15) is 21.2 Å². The van der Waals surface area contributed by atoms with Crippen LogP contribution in [0.1, 0.15) is 18.5 Å². The number of rotatable bonds is 5. The Morgan fingerprint density at radius 3 is 2.00 bits per heavy atom. The largest absolute Gasteiger partial charge is 0.246 e. The lowest BCUT2D eigenvalue weighted by molar-refractivity contribution is 0.395. The molecule has 8 heteroatoms. The molecular weight excluding hydrogens is 353 g/mol. The Hall–Kier alpha value is -1.77. The van der Waals surface area contributed by atoms with E-state index in [1.54, 1.807) is 19.1 Å². The van der Waals surface area contributed by atoms with E-state index in [1.165, 1.54) is 37.4 Å². The van der Waals surface area contributed by atoms with E-state index in [-0.39, 0.29) is 4.90 Å². The molecule has 2 aromatic rings. The fourth-order valence-electron chi connectivity index (χ4n) is 2.22. The summed E-state index contributed by atoms with van der Waals surface area (Å²) in [6.45, 7) is 1.65. The van der Waals surface area contributed by atoms with Crippen LogP contribution in [0.3, 0.4) is 0 Å². The molecule has 24 heavy (non-hydrogen) atoms. The fraction of sp³-hybridized carbons (Fsp3) is 0.250. The topological polar surface area (TPSA) is 71.5 Å². The number of hydrogen-bond donors (Lipinski definition) is 0. The molecule has 0 bridgehead atoms. The smallest absolute Gasteiger partial charge is 0.224 e. The van der Waals surface area contributed by atoms with E-state index in [4.69, 9.17) is 0 Å². The molecule has 0 saturated carbocycles. The van der Waals surface area contributed by atoms with Crippen molar-refractivity contribution in [1.82, 2.24) is 4.31 Å². The van der Waals surface area contributed by atoms with E-state index in [1.807, 2.05) is 0 Å². The summed E-state index contributed by atoms with van der Waals surface area (Å²) in [7, 11) is -5.98. The van der Waals surface area contributed by atoms with Crippen molar-refractivity contribution in [3.63, 3.8) is 0 Å². The highest BCUT2D eigenvalue weighted by molar-refractivity contribution is 7.90. The highest BCUT2D eigenvalue weighted by Gasteiger charge is 2.28. The first-order valence-corrected chi connectivity index (χ1v) is 10.4. The Morgan fingerprint density at radius 2 is 1.50 bits per heavy atom. The van der Waals surface area contributed by atoms with Crippen LogP contribution in [0.15, 0.2) is 58.3 Å². The molecule has 0 saturated heterocycles. The van der Waals surface area contributed by atoms with Crippen LogP contribution in [0.5, 0.6) is 0 Å². The van der Waals surface area contributed by atoms with E-state index in [0.717, 1.165) is 16.6 Å². The summed E-state index contributed by atoms with van der Waals surface area (Å²) in [5, 5.41) is 0. The second-order valence-electron chi connectivity index (χ2n) is 5.47. The van der Waals surface area contributed by atoms with Gasteiger partial charge in [-0.2, -0.15) is 4.31 Å². The van der Waals surface area contributed by atoms with Gasteiger partial charge in [-0.15, -0.1) is 0 Å². The predicted octanol–water partition coefficient (Wildman–Crippen LogP) is 2.61. The maximum Gasteiger partial charge on any atom is 0.246 e. The van der Waals surface area contributed by atoms with Crippen molar-refractivity contribution in [2.75, 3.05) is 13.3 Å². The zero-order chi connectivity index (χ0) is 18.1. The quantitative estimate of drug-likeness (QED) is 0.810. The lowest BCUT2D eigenvalue weighted by Crippen LogP contribution is -2.30. The molecular formula is C16H18FNO4S2. The average Bonchev–Trinajstić information content (AvgIpc) is 2.53. The fourth-order valence-corrected chi connectivity index (χ4v) is 4.26. The third-order valence-corrected chi connectivity index (χ3v) is 6.92. The third kappa shape index (κ3) is 3.66. The van der Waals surface area contributed by atoms with Crippen molar-refractivity contribution >= 4 is 19.9 Å². The van der Waals surface area contributed by atoms with Gasteiger partial charge in [-0.05, 0) is 36.8 Å². The Labute approximate surface area is 141 Å². The van der Waals surface area contributed by atoms with Gasteiger partial charge in [-0.3, -0.25) is 0 Å². The minimum atomic E-state index is -4.02. The minimum absolute atomic E-state index is 0.151. The maximum atomic E-state index is 13.8. The summed E-state index contributed by atoms with van der Waals surface area (Å²) >= 11 is 0. The number of benzene rings is 2. The van der Waals surface area contributed by atoms with Crippen LogP contribution in [0, 0.1) is 5.82 Å². The molecule has 0 radical (unpaired) electrons. The van der Waals surface area contributed by atoms with Gasteiger partial charge >= 0.3 is 0 Å². The predicted molar refractivity (Wildman–Crippen MR) is 89.3 cm³/mol. The van der Waals surface area contributed by atoms with Gasteiger partial charge in [0.05, 0.1) is 4.90 Å². The second kappa shape index (κ2) is 6.62. The molecule has 0 aliphatic heterocycles. The van der Waals surface area contributed by atoms with Gasteiger partial charge < -0.3 is 0 Å². The number of nitrogens with zero attached hydrogens (tertiary/aromatic N) is 1. The van der Waals surface area contributed by atoms with Crippen molar-refractivity contribution in [2.45, 2.75) is 22.8 Å². The molecule has 0 unspecified atom stereocenters. The normalized spacial score (nSPS) is 13.9. The van der Waals surface area contributed by atoms with Gasteiger partial charge in [0.15, 0.2) is 9.84 Å². The molecule has 1 atom stereocenters. The van der Waals surface area contributed by atoms with E-state index >= 15 is 0 Å². The van der Waals surface area contributed by atoms with Crippen LogP contribution in [-0.4, -0.2) is 34.4 Å². The Balaban J connectivity index is 2.36. The summed E-state index contributed by atoms with van der Waals surface area (Å²) in [5.41, 5.74) is 0.602. The first-order valence-electron chi connectivity index (χ1n) is 7.07. The van der Waals surface area contributed by atoms with Crippen molar-refractivity contribution in [3.8, 4) is 0 Å². The first kappa shape index (κ1) is 18.6. The monoisotopic (exact) mass is 371 g/mol. The molecule has 5 nitrogen and oxygen atoms in total. The van der Waals surface area contributed by atoms with Crippen LogP contribution in [-0.2, 0) is 19.9 Å². The van der Waals surface area contributed by atoms with Crippen LogP contribution in [0.2, 0.25) is 0 Å². The van der Waals surface area contributed by atoms with E-state index in [0.29, 0.717) is 5.56 Å². The average molecular weight is 371 g/mol. The maximum absolute atomic E-state index is 13.8. The summed E-state index contributed by atoms with van der Waals surface area (Å²) in [6, 6.07) is 10.5. The van der Waals surface area contributed by atoms with Crippen LogP contribution < -0.4 is 0 Å². The lowest BCUT2D eigenvalue weighted by Gasteiger charge is -2.25. The number of hydrogen-bond acceptors (Lipinski definition) is 4. The highest BCUT2D eigenvalue weighted by atomic mass is 32.2. The third-order valence-electron chi connectivity index (χ3n) is 3.83. The van der Waals surface area contributed by atoms with Crippen molar-refractivity contribution in [3.05, 3.63) is 59.9 Å². The van der Waals surface area contributed by atoms with Crippen molar-refractivity contribution in [1.29, 1.82) is 0 Å². The van der Waals surface area contributed by atoms with Gasteiger partial charge in [-0.1, -0.05) is 24.3 Å². The summed E-state index contributed by atoms with van der Waals surface area (Å²) in [5.74, 6) is -0.816. The van der Waals surface area contributed by atoms with E-state index < -0.39 is 36.6 Å². The number of halogens is 1. The Bertz CT molecular complexity index is 938. The van der Waals surface area contributed by atoms with Gasteiger partial charge in [0.1, 0.15) is 10.7 Å². The lowest BCUT2D eigenvalue weighted by atomic mass is 10.1. The van der Waals surface area contributed by atoms with Crippen LogP contribution >= 0.6 is 0 Å². The van der Waals surface area contributed by atoms with Crippen molar-refractivity contribution < 1.29 is 21.2 Å². The molecule has 130 valence electrons. The van der Waals surface area contributed by atoms with Gasteiger partial charge in [0, 0.05) is 19.3 Å². The van der Waals surface area contributed by atoms with E-state index in [2.05, 4.69) is 0 Å². The molecule has 0 fully saturated rings. The molecule has 2 rings (SSSR count). The highest BCUT2D eigenvalue weighted by Crippen LogP contribution is 2.27.